The Balaban J connectivity index is 1.63. The van der Waals surface area contributed by atoms with Crippen LogP contribution in [0, 0.1) is 10.8 Å². The molecule has 2 fully saturated rings. The van der Waals surface area contributed by atoms with Gasteiger partial charge in [0.2, 0.25) is 0 Å². The summed E-state index contributed by atoms with van der Waals surface area (Å²) in [6.45, 7) is 7.62. The number of hydrogen-bond donors (Lipinski definition) is 1. The molecule has 1 aliphatic heterocycles. The summed E-state index contributed by atoms with van der Waals surface area (Å²) in [5, 5.41) is 2.90. The van der Waals surface area contributed by atoms with E-state index in [0.29, 0.717) is 11.3 Å². The van der Waals surface area contributed by atoms with Crippen LogP contribution in [0.4, 0.5) is 0 Å². The van der Waals surface area contributed by atoms with Crippen molar-refractivity contribution in [2.75, 3.05) is 6.54 Å². The molecule has 1 N–H and O–H groups in total. The third-order valence-electron chi connectivity index (χ3n) is 6.30. The zero-order chi connectivity index (χ0) is 21.4. The van der Waals surface area contributed by atoms with Gasteiger partial charge in [0, 0.05) is 18.2 Å². The maximum atomic E-state index is 13.7. The Morgan fingerprint density at radius 2 is 1.60 bits per heavy atom. The largest absolute Gasteiger partial charge is 0.334 e. The van der Waals surface area contributed by atoms with Crippen LogP contribution in [0.25, 0.3) is 6.08 Å². The number of carbonyl (C=O) groups excluding carboxylic acids is 2. The van der Waals surface area contributed by atoms with Crippen LogP contribution in [0.3, 0.4) is 0 Å². The molecule has 156 valence electrons. The van der Waals surface area contributed by atoms with Crippen LogP contribution in [0.15, 0.2) is 66.4 Å². The highest BCUT2D eigenvalue weighted by molar-refractivity contribution is 6.05. The summed E-state index contributed by atoms with van der Waals surface area (Å²) in [5.74, 6) is -0.352. The van der Waals surface area contributed by atoms with E-state index in [4.69, 9.17) is 0 Å². The fourth-order valence-corrected chi connectivity index (χ4v) is 5.50. The van der Waals surface area contributed by atoms with Gasteiger partial charge < -0.3 is 10.2 Å². The molecule has 4 rings (SSSR count). The van der Waals surface area contributed by atoms with Gasteiger partial charge in [0.05, 0.1) is 0 Å². The number of nitrogens with one attached hydrogen (secondary N) is 1. The fourth-order valence-electron chi connectivity index (χ4n) is 5.50. The Morgan fingerprint density at radius 3 is 2.27 bits per heavy atom. The number of benzene rings is 2. The molecule has 2 bridgehead atoms. The third kappa shape index (κ3) is 4.33. The van der Waals surface area contributed by atoms with Crippen LogP contribution in [0.1, 0.15) is 56.0 Å². The van der Waals surface area contributed by atoms with E-state index >= 15 is 0 Å². The van der Waals surface area contributed by atoms with Crippen molar-refractivity contribution in [1.82, 2.24) is 10.2 Å². The Kier molecular flexibility index (Phi) is 5.27. The van der Waals surface area contributed by atoms with Crippen molar-refractivity contribution >= 4 is 17.9 Å². The number of likely N-dealkylation sites (tertiary alicyclic amines) is 1. The first kappa shape index (κ1) is 20.4. The van der Waals surface area contributed by atoms with Crippen molar-refractivity contribution in [2.45, 2.75) is 46.1 Å². The van der Waals surface area contributed by atoms with E-state index in [1.54, 1.807) is 18.2 Å². The number of rotatable bonds is 4. The standard InChI is InChI=1S/C26H30N2O2/c1-25(2)15-21-16-26(3,17-25)18-28(21)24(30)22(14-19-10-6-4-7-11-19)27-23(29)20-12-8-5-9-13-20/h4-14,21H,15-18H2,1-3H3,(H,27,29)/t21-,26+/m1/s1. The monoisotopic (exact) mass is 402 g/mol. The molecular weight excluding hydrogens is 372 g/mol. The second-order valence-electron chi connectivity index (χ2n) is 9.94. The fraction of sp³-hybridized carbons (Fsp3) is 0.385. The molecular formula is C26H30N2O2. The minimum atomic E-state index is -0.264. The van der Waals surface area contributed by atoms with Crippen molar-refractivity contribution in [1.29, 1.82) is 0 Å². The number of amides is 2. The first-order chi connectivity index (χ1) is 14.2. The molecule has 4 nitrogen and oxygen atoms in total. The van der Waals surface area contributed by atoms with Crippen LogP contribution in [-0.4, -0.2) is 29.3 Å². The lowest BCUT2D eigenvalue weighted by Gasteiger charge is -2.39. The lowest BCUT2D eigenvalue weighted by Crippen LogP contribution is -2.42. The maximum absolute atomic E-state index is 13.7. The van der Waals surface area contributed by atoms with Gasteiger partial charge in [-0.1, -0.05) is 69.3 Å². The van der Waals surface area contributed by atoms with Crippen LogP contribution < -0.4 is 5.32 Å². The highest BCUT2D eigenvalue weighted by Crippen LogP contribution is 2.52. The van der Waals surface area contributed by atoms with Gasteiger partial charge in [0.25, 0.3) is 11.8 Å². The Hall–Kier alpha value is -2.88. The van der Waals surface area contributed by atoms with Gasteiger partial charge in [-0.15, -0.1) is 0 Å². The van der Waals surface area contributed by atoms with E-state index in [1.165, 1.54) is 0 Å². The van der Waals surface area contributed by atoms with Gasteiger partial charge in [-0.25, -0.2) is 0 Å². The van der Waals surface area contributed by atoms with Gasteiger partial charge in [0.1, 0.15) is 5.70 Å². The van der Waals surface area contributed by atoms with E-state index in [0.717, 1.165) is 31.4 Å². The average molecular weight is 403 g/mol. The van der Waals surface area contributed by atoms with Crippen molar-refractivity contribution in [3.63, 3.8) is 0 Å². The first-order valence-corrected chi connectivity index (χ1v) is 10.7. The van der Waals surface area contributed by atoms with E-state index in [9.17, 15) is 9.59 Å². The van der Waals surface area contributed by atoms with Gasteiger partial charge in [-0.2, -0.15) is 0 Å². The van der Waals surface area contributed by atoms with Crippen LogP contribution in [0.5, 0.6) is 0 Å². The normalized spacial score (nSPS) is 25.1. The summed E-state index contributed by atoms with van der Waals surface area (Å²) in [6, 6.07) is 18.9. The molecule has 0 unspecified atom stereocenters. The molecule has 1 heterocycles. The number of carbonyl (C=O) groups is 2. The van der Waals surface area contributed by atoms with Gasteiger partial charge >= 0.3 is 0 Å². The van der Waals surface area contributed by atoms with E-state index in [-0.39, 0.29) is 28.7 Å². The molecule has 1 saturated heterocycles. The number of nitrogens with zero attached hydrogens (tertiary/aromatic N) is 1. The minimum absolute atomic E-state index is 0.0884. The second kappa shape index (κ2) is 7.75. The SMILES string of the molecule is CC1(C)C[C@@H]2C[C@](C)(CN2C(=O)C(=Cc2ccccc2)NC(=O)c2ccccc2)C1. The summed E-state index contributed by atoms with van der Waals surface area (Å²) >= 11 is 0. The number of fused-ring (bicyclic) bond motifs is 2. The molecule has 30 heavy (non-hydrogen) atoms. The summed E-state index contributed by atoms with van der Waals surface area (Å²) in [6.07, 6.45) is 4.94. The van der Waals surface area contributed by atoms with Gasteiger partial charge in [-0.05, 0) is 53.9 Å². The van der Waals surface area contributed by atoms with Gasteiger partial charge in [-0.3, -0.25) is 9.59 Å². The molecule has 0 aromatic heterocycles. The maximum Gasteiger partial charge on any atom is 0.270 e. The van der Waals surface area contributed by atoms with Crippen molar-refractivity contribution in [3.8, 4) is 0 Å². The van der Waals surface area contributed by atoms with Crippen LogP contribution >= 0.6 is 0 Å². The Bertz CT molecular complexity index is 965. The summed E-state index contributed by atoms with van der Waals surface area (Å²) in [5.41, 5.74) is 2.14. The zero-order valence-electron chi connectivity index (χ0n) is 18.0. The predicted octanol–water partition coefficient (Wildman–Crippen LogP) is 4.88. The van der Waals surface area contributed by atoms with Gasteiger partial charge in [0.15, 0.2) is 0 Å². The third-order valence-corrected chi connectivity index (χ3v) is 6.30. The van der Waals surface area contributed by atoms with E-state index in [2.05, 4.69) is 26.1 Å². The van der Waals surface area contributed by atoms with Crippen molar-refractivity contribution < 1.29 is 9.59 Å². The smallest absolute Gasteiger partial charge is 0.270 e. The lowest BCUT2D eigenvalue weighted by molar-refractivity contribution is -0.128. The molecule has 2 amide bonds. The molecule has 1 aliphatic carbocycles. The second-order valence-corrected chi connectivity index (χ2v) is 9.94. The van der Waals surface area contributed by atoms with E-state index < -0.39 is 0 Å². The predicted molar refractivity (Wildman–Crippen MR) is 120 cm³/mol. The first-order valence-electron chi connectivity index (χ1n) is 10.7. The number of hydrogen-bond acceptors (Lipinski definition) is 2. The summed E-state index contributed by atoms with van der Waals surface area (Å²) in [7, 11) is 0. The molecule has 2 aliphatic rings. The Labute approximate surface area is 179 Å². The molecule has 1 saturated carbocycles. The summed E-state index contributed by atoms with van der Waals surface area (Å²) < 4.78 is 0. The van der Waals surface area contributed by atoms with E-state index in [1.807, 2.05) is 53.4 Å². The lowest BCUT2D eigenvalue weighted by atomic mass is 9.65. The Morgan fingerprint density at radius 1 is 0.967 bits per heavy atom. The molecule has 2 aromatic rings. The molecule has 0 radical (unpaired) electrons. The molecule has 2 atom stereocenters. The molecule has 4 heteroatoms. The zero-order valence-corrected chi connectivity index (χ0v) is 18.0. The summed E-state index contributed by atoms with van der Waals surface area (Å²) in [4.78, 5) is 28.5. The topological polar surface area (TPSA) is 49.4 Å². The van der Waals surface area contributed by atoms with Crippen molar-refractivity contribution in [2.24, 2.45) is 10.8 Å². The van der Waals surface area contributed by atoms with Crippen LogP contribution in [-0.2, 0) is 4.79 Å². The molecule has 0 spiro atoms. The molecule has 2 aromatic carbocycles. The minimum Gasteiger partial charge on any atom is -0.334 e. The van der Waals surface area contributed by atoms with Crippen LogP contribution in [0.2, 0.25) is 0 Å². The quantitative estimate of drug-likeness (QED) is 0.741. The average Bonchev–Trinajstić information content (AvgIpc) is 2.97. The highest BCUT2D eigenvalue weighted by Gasteiger charge is 2.51. The highest BCUT2D eigenvalue weighted by atomic mass is 16.2. The van der Waals surface area contributed by atoms with Crippen molar-refractivity contribution in [3.05, 3.63) is 77.5 Å².